The number of primary amides is 1. The summed E-state index contributed by atoms with van der Waals surface area (Å²) >= 11 is 0. The molecule has 2 heterocycles. The van der Waals surface area contributed by atoms with Crippen LogP contribution in [-0.4, -0.2) is 25.7 Å². The minimum Gasteiger partial charge on any atom is -0.364 e. The summed E-state index contributed by atoms with van der Waals surface area (Å²) in [4.78, 5) is 15.4. The number of nitrogens with zero attached hydrogens (tertiary/aromatic N) is 4. The van der Waals surface area contributed by atoms with Crippen molar-refractivity contribution >= 4 is 16.9 Å². The van der Waals surface area contributed by atoms with E-state index >= 15 is 0 Å². The number of rotatable bonds is 2. The van der Waals surface area contributed by atoms with Crippen molar-refractivity contribution in [2.75, 3.05) is 0 Å². The number of nitrogens with two attached hydrogens (primary N) is 1. The molecule has 0 bridgehead atoms. The Hall–Kier alpha value is -2.76. The Kier molecular flexibility index (Phi) is 2.49. The van der Waals surface area contributed by atoms with E-state index in [2.05, 4.69) is 15.2 Å². The van der Waals surface area contributed by atoms with E-state index in [1.165, 1.54) is 0 Å². The molecule has 2 aromatic heterocycles. The number of para-hydroxylation sites is 2. The molecule has 0 unspecified atom stereocenters. The number of carbonyl (C=O) groups is 1. The number of hydrogen-bond acceptors (Lipinski definition) is 4. The second-order valence-corrected chi connectivity index (χ2v) is 4.12. The van der Waals surface area contributed by atoms with Gasteiger partial charge in [-0.1, -0.05) is 12.1 Å². The molecule has 0 radical (unpaired) electrons. The van der Waals surface area contributed by atoms with Gasteiger partial charge in [0.1, 0.15) is 5.82 Å². The van der Waals surface area contributed by atoms with Gasteiger partial charge >= 0.3 is 0 Å². The third kappa shape index (κ3) is 1.83. The molecular formula is C13H11N5O. The van der Waals surface area contributed by atoms with E-state index in [9.17, 15) is 4.79 Å². The molecule has 3 aromatic rings. The molecule has 2 N–H and O–H groups in total. The molecule has 1 aromatic carbocycles. The van der Waals surface area contributed by atoms with Crippen LogP contribution in [0.1, 0.15) is 16.3 Å². The van der Waals surface area contributed by atoms with E-state index in [0.29, 0.717) is 5.82 Å². The second-order valence-electron chi connectivity index (χ2n) is 4.12. The van der Waals surface area contributed by atoms with Gasteiger partial charge in [0.25, 0.3) is 5.91 Å². The molecule has 6 nitrogen and oxygen atoms in total. The van der Waals surface area contributed by atoms with Crippen LogP contribution in [0.4, 0.5) is 0 Å². The summed E-state index contributed by atoms with van der Waals surface area (Å²) in [6.45, 7) is 1.89. The average molecular weight is 253 g/mol. The SMILES string of the molecule is Cc1nc2ccccc2n1-c1ccc(C(N)=O)nn1. The van der Waals surface area contributed by atoms with Crippen molar-refractivity contribution in [1.82, 2.24) is 19.7 Å². The smallest absolute Gasteiger partial charge is 0.269 e. The highest BCUT2D eigenvalue weighted by Gasteiger charge is 2.11. The van der Waals surface area contributed by atoms with Gasteiger partial charge in [-0.2, -0.15) is 0 Å². The predicted octanol–water partition coefficient (Wildman–Crippen LogP) is 1.22. The van der Waals surface area contributed by atoms with Gasteiger partial charge in [0, 0.05) is 0 Å². The summed E-state index contributed by atoms with van der Waals surface area (Å²) in [7, 11) is 0. The first kappa shape index (κ1) is 11.3. The minimum absolute atomic E-state index is 0.144. The van der Waals surface area contributed by atoms with Crippen LogP contribution in [0.5, 0.6) is 0 Å². The molecule has 3 rings (SSSR count). The Morgan fingerprint density at radius 3 is 2.63 bits per heavy atom. The van der Waals surface area contributed by atoms with Crippen LogP contribution in [0.3, 0.4) is 0 Å². The zero-order valence-electron chi connectivity index (χ0n) is 10.2. The lowest BCUT2D eigenvalue weighted by molar-refractivity contribution is 0.0994. The zero-order valence-corrected chi connectivity index (χ0v) is 10.2. The average Bonchev–Trinajstić information content (AvgIpc) is 2.74. The van der Waals surface area contributed by atoms with E-state index in [4.69, 9.17) is 5.73 Å². The van der Waals surface area contributed by atoms with E-state index in [1.54, 1.807) is 12.1 Å². The number of carbonyl (C=O) groups excluding carboxylic acids is 1. The Morgan fingerprint density at radius 2 is 1.95 bits per heavy atom. The second kappa shape index (κ2) is 4.16. The number of imidazole rings is 1. The zero-order chi connectivity index (χ0) is 13.4. The van der Waals surface area contributed by atoms with Crippen LogP contribution in [0, 0.1) is 6.92 Å². The van der Waals surface area contributed by atoms with E-state index in [1.807, 2.05) is 35.8 Å². The summed E-state index contributed by atoms with van der Waals surface area (Å²) in [6.07, 6.45) is 0. The van der Waals surface area contributed by atoms with Crippen molar-refractivity contribution in [3.8, 4) is 5.82 Å². The Morgan fingerprint density at radius 1 is 1.16 bits per heavy atom. The van der Waals surface area contributed by atoms with Crippen LogP contribution in [0.25, 0.3) is 16.9 Å². The number of hydrogen-bond donors (Lipinski definition) is 1. The first-order chi connectivity index (χ1) is 9.16. The van der Waals surface area contributed by atoms with Gasteiger partial charge in [-0.05, 0) is 31.2 Å². The number of aryl methyl sites for hydroxylation is 1. The topological polar surface area (TPSA) is 86.7 Å². The Labute approximate surface area is 108 Å². The fraction of sp³-hybridized carbons (Fsp3) is 0.0769. The fourth-order valence-electron chi connectivity index (χ4n) is 2.01. The standard InChI is InChI=1S/C13H11N5O/c1-8-15-9-4-2-3-5-11(9)18(8)12-7-6-10(13(14)19)16-17-12/h2-7H,1H3,(H2,14,19). The molecule has 6 heteroatoms. The highest BCUT2D eigenvalue weighted by atomic mass is 16.1. The minimum atomic E-state index is -0.591. The van der Waals surface area contributed by atoms with Crippen LogP contribution >= 0.6 is 0 Å². The van der Waals surface area contributed by atoms with Crippen molar-refractivity contribution in [3.05, 3.63) is 47.9 Å². The molecule has 0 saturated heterocycles. The van der Waals surface area contributed by atoms with E-state index in [-0.39, 0.29) is 5.69 Å². The molecule has 19 heavy (non-hydrogen) atoms. The number of aromatic nitrogens is 4. The lowest BCUT2D eigenvalue weighted by atomic mass is 10.3. The van der Waals surface area contributed by atoms with Gasteiger partial charge in [-0.15, -0.1) is 10.2 Å². The van der Waals surface area contributed by atoms with Gasteiger partial charge in [0.05, 0.1) is 11.0 Å². The first-order valence-electron chi connectivity index (χ1n) is 5.75. The molecule has 0 atom stereocenters. The lowest BCUT2D eigenvalue weighted by Crippen LogP contribution is -2.14. The van der Waals surface area contributed by atoms with Crippen molar-refractivity contribution in [1.29, 1.82) is 0 Å². The maximum absolute atomic E-state index is 11.0. The molecule has 1 amide bonds. The number of fused-ring (bicyclic) bond motifs is 1. The largest absolute Gasteiger partial charge is 0.364 e. The summed E-state index contributed by atoms with van der Waals surface area (Å²) in [6, 6.07) is 11.0. The summed E-state index contributed by atoms with van der Waals surface area (Å²) in [5, 5.41) is 7.83. The molecule has 0 aliphatic rings. The van der Waals surface area contributed by atoms with Crippen LogP contribution in [0.15, 0.2) is 36.4 Å². The Bertz CT molecular complexity index is 760. The predicted molar refractivity (Wildman–Crippen MR) is 69.9 cm³/mol. The van der Waals surface area contributed by atoms with Crippen molar-refractivity contribution in [2.24, 2.45) is 5.73 Å². The first-order valence-corrected chi connectivity index (χ1v) is 5.75. The van der Waals surface area contributed by atoms with Crippen molar-refractivity contribution < 1.29 is 4.79 Å². The van der Waals surface area contributed by atoms with E-state index in [0.717, 1.165) is 16.9 Å². The van der Waals surface area contributed by atoms with Crippen molar-refractivity contribution in [3.63, 3.8) is 0 Å². The van der Waals surface area contributed by atoms with Gasteiger partial charge in [-0.25, -0.2) is 4.98 Å². The van der Waals surface area contributed by atoms with Gasteiger partial charge < -0.3 is 5.73 Å². The van der Waals surface area contributed by atoms with Gasteiger partial charge in [-0.3, -0.25) is 9.36 Å². The molecule has 0 aliphatic heterocycles. The molecule has 0 spiro atoms. The quantitative estimate of drug-likeness (QED) is 0.744. The Balaban J connectivity index is 2.18. The van der Waals surface area contributed by atoms with Gasteiger partial charge in [0.15, 0.2) is 11.5 Å². The summed E-state index contributed by atoms with van der Waals surface area (Å²) in [5.41, 5.74) is 7.12. The fourth-order valence-corrected chi connectivity index (χ4v) is 2.01. The lowest BCUT2D eigenvalue weighted by Gasteiger charge is -2.04. The van der Waals surface area contributed by atoms with Gasteiger partial charge in [0.2, 0.25) is 0 Å². The van der Waals surface area contributed by atoms with Crippen LogP contribution in [-0.2, 0) is 0 Å². The summed E-state index contributed by atoms with van der Waals surface area (Å²) in [5.74, 6) is 0.824. The monoisotopic (exact) mass is 253 g/mol. The maximum atomic E-state index is 11.0. The highest BCUT2D eigenvalue weighted by molar-refractivity contribution is 5.90. The number of amides is 1. The molecule has 0 aliphatic carbocycles. The molecule has 94 valence electrons. The highest BCUT2D eigenvalue weighted by Crippen LogP contribution is 2.19. The van der Waals surface area contributed by atoms with Crippen molar-refractivity contribution in [2.45, 2.75) is 6.92 Å². The number of benzene rings is 1. The normalized spacial score (nSPS) is 10.8. The van der Waals surface area contributed by atoms with Crippen LogP contribution in [0.2, 0.25) is 0 Å². The van der Waals surface area contributed by atoms with Crippen LogP contribution < -0.4 is 5.73 Å². The molecule has 0 fully saturated rings. The molecule has 0 saturated carbocycles. The third-order valence-electron chi connectivity index (χ3n) is 2.86. The summed E-state index contributed by atoms with van der Waals surface area (Å²) < 4.78 is 1.88. The van der Waals surface area contributed by atoms with E-state index < -0.39 is 5.91 Å². The maximum Gasteiger partial charge on any atom is 0.269 e. The third-order valence-corrected chi connectivity index (χ3v) is 2.86. The molecular weight excluding hydrogens is 242 g/mol.